The molecule has 1 unspecified atom stereocenters. The van der Waals surface area contributed by atoms with Crippen LogP contribution in [0.1, 0.15) is 29.6 Å². The Bertz CT molecular complexity index is 687. The number of primary amides is 1. The molecule has 3 heterocycles. The van der Waals surface area contributed by atoms with E-state index in [0.717, 1.165) is 31.6 Å². The second kappa shape index (κ2) is 8.18. The number of aromatic nitrogens is 1. The van der Waals surface area contributed by atoms with Crippen molar-refractivity contribution in [2.75, 3.05) is 36.5 Å². The Hall–Kier alpha value is -2.61. The maximum Gasteiger partial charge on any atom is 0.252 e. The highest BCUT2D eigenvalue weighted by Crippen LogP contribution is 2.24. The minimum Gasteiger partial charge on any atom is -0.381 e. The van der Waals surface area contributed by atoms with Gasteiger partial charge in [-0.15, -0.1) is 0 Å². The van der Waals surface area contributed by atoms with Crippen molar-refractivity contribution in [3.8, 4) is 0 Å². The first-order chi connectivity index (χ1) is 12.6. The molecule has 8 nitrogen and oxygen atoms in total. The maximum absolute atomic E-state index is 11.7. The Morgan fingerprint density at radius 1 is 1.27 bits per heavy atom. The Morgan fingerprint density at radius 3 is 2.73 bits per heavy atom. The summed E-state index contributed by atoms with van der Waals surface area (Å²) in [6.07, 6.45) is 3.84. The van der Waals surface area contributed by atoms with Gasteiger partial charge in [0.1, 0.15) is 11.6 Å². The highest BCUT2D eigenvalue weighted by atomic mass is 16.5. The summed E-state index contributed by atoms with van der Waals surface area (Å²) in [6, 6.07) is 3.78. The molecule has 2 aliphatic rings. The zero-order valence-corrected chi connectivity index (χ0v) is 14.7. The Morgan fingerprint density at radius 2 is 2.04 bits per heavy atom. The number of amides is 2. The molecule has 26 heavy (non-hydrogen) atoms. The fourth-order valence-electron chi connectivity index (χ4n) is 3.32. The molecule has 140 valence electrons. The van der Waals surface area contributed by atoms with Gasteiger partial charge in [0.2, 0.25) is 5.91 Å². The van der Waals surface area contributed by atoms with Gasteiger partial charge in [-0.25, -0.2) is 4.98 Å². The van der Waals surface area contributed by atoms with Crippen LogP contribution >= 0.6 is 0 Å². The Labute approximate surface area is 152 Å². The molecule has 0 radical (unpaired) electrons. The van der Waals surface area contributed by atoms with Gasteiger partial charge in [0.05, 0.1) is 5.56 Å². The Balaban J connectivity index is 1.73. The predicted molar refractivity (Wildman–Crippen MR) is 99.2 cm³/mol. The third-order valence-corrected chi connectivity index (χ3v) is 4.75. The standard InChI is InChI=1S/C18H25N5O3/c1-2-16(24)20-13-5-8-23(11-13)15-4-3-14(17(19)25)18(22-15)21-12-6-9-26-10-7-12/h2-4,12-13H,1,5-11H2,(H2,19,25)(H,20,24)(H,21,22). The van der Waals surface area contributed by atoms with E-state index in [1.54, 1.807) is 12.1 Å². The van der Waals surface area contributed by atoms with Crippen LogP contribution in [-0.4, -0.2) is 55.2 Å². The van der Waals surface area contributed by atoms with Gasteiger partial charge in [-0.3, -0.25) is 9.59 Å². The maximum atomic E-state index is 11.7. The summed E-state index contributed by atoms with van der Waals surface area (Å²) >= 11 is 0. The second-order valence-corrected chi connectivity index (χ2v) is 6.61. The van der Waals surface area contributed by atoms with Gasteiger partial charge in [-0.1, -0.05) is 6.58 Å². The molecule has 8 heteroatoms. The number of anilines is 2. The van der Waals surface area contributed by atoms with Gasteiger partial charge >= 0.3 is 0 Å². The van der Waals surface area contributed by atoms with E-state index in [9.17, 15) is 9.59 Å². The van der Waals surface area contributed by atoms with Crippen molar-refractivity contribution in [1.82, 2.24) is 10.3 Å². The van der Waals surface area contributed by atoms with E-state index < -0.39 is 5.91 Å². The molecule has 1 aromatic rings. The monoisotopic (exact) mass is 359 g/mol. The third-order valence-electron chi connectivity index (χ3n) is 4.75. The summed E-state index contributed by atoms with van der Waals surface area (Å²) < 4.78 is 5.37. The quantitative estimate of drug-likeness (QED) is 0.644. The first kappa shape index (κ1) is 18.2. The molecule has 2 fully saturated rings. The SMILES string of the molecule is C=CC(=O)NC1CCN(c2ccc(C(N)=O)c(NC3CCOCC3)n2)C1. The number of pyridine rings is 1. The van der Waals surface area contributed by atoms with E-state index in [1.165, 1.54) is 6.08 Å². The average Bonchev–Trinajstić information content (AvgIpc) is 3.10. The molecule has 0 aromatic carbocycles. The lowest BCUT2D eigenvalue weighted by Gasteiger charge is -2.25. The molecule has 2 saturated heterocycles. The molecular weight excluding hydrogens is 334 g/mol. The van der Waals surface area contributed by atoms with E-state index in [1.807, 2.05) is 0 Å². The summed E-state index contributed by atoms with van der Waals surface area (Å²) in [4.78, 5) is 30.0. The molecule has 2 aliphatic heterocycles. The molecule has 0 saturated carbocycles. The topological polar surface area (TPSA) is 110 Å². The van der Waals surface area contributed by atoms with E-state index in [0.29, 0.717) is 31.1 Å². The van der Waals surface area contributed by atoms with Crippen LogP contribution in [0.4, 0.5) is 11.6 Å². The molecule has 2 amide bonds. The van der Waals surface area contributed by atoms with E-state index in [2.05, 4.69) is 27.1 Å². The number of hydrogen-bond donors (Lipinski definition) is 3. The minimum absolute atomic E-state index is 0.0602. The van der Waals surface area contributed by atoms with Gasteiger partial charge < -0.3 is 26.0 Å². The fraction of sp³-hybridized carbons (Fsp3) is 0.500. The lowest BCUT2D eigenvalue weighted by Crippen LogP contribution is -2.36. The summed E-state index contributed by atoms with van der Waals surface area (Å²) in [5.74, 6) is 0.604. The smallest absolute Gasteiger partial charge is 0.252 e. The van der Waals surface area contributed by atoms with Crippen LogP contribution < -0.4 is 21.3 Å². The highest BCUT2D eigenvalue weighted by molar-refractivity contribution is 5.98. The highest BCUT2D eigenvalue weighted by Gasteiger charge is 2.26. The second-order valence-electron chi connectivity index (χ2n) is 6.61. The number of rotatable bonds is 6. The molecular formula is C18H25N5O3. The summed E-state index contributed by atoms with van der Waals surface area (Å²) in [6.45, 7) is 6.31. The lowest BCUT2D eigenvalue weighted by molar-refractivity contribution is -0.117. The van der Waals surface area contributed by atoms with E-state index >= 15 is 0 Å². The van der Waals surface area contributed by atoms with Gasteiger partial charge in [-0.05, 0) is 37.5 Å². The van der Waals surface area contributed by atoms with Gasteiger partial charge in [0, 0.05) is 38.4 Å². The van der Waals surface area contributed by atoms with Crippen molar-refractivity contribution in [2.45, 2.75) is 31.3 Å². The summed E-state index contributed by atoms with van der Waals surface area (Å²) in [5.41, 5.74) is 5.89. The molecule has 4 N–H and O–H groups in total. The third kappa shape index (κ3) is 4.32. The summed E-state index contributed by atoms with van der Waals surface area (Å²) in [7, 11) is 0. The minimum atomic E-state index is -0.504. The van der Waals surface area contributed by atoms with Crippen LogP contribution in [0, 0.1) is 0 Å². The van der Waals surface area contributed by atoms with E-state index in [-0.39, 0.29) is 18.0 Å². The number of nitrogens with zero attached hydrogens (tertiary/aromatic N) is 2. The van der Waals surface area contributed by atoms with Crippen LogP contribution in [0.25, 0.3) is 0 Å². The molecule has 0 aliphatic carbocycles. The number of hydrogen-bond acceptors (Lipinski definition) is 6. The van der Waals surface area contributed by atoms with Crippen molar-refractivity contribution in [3.63, 3.8) is 0 Å². The number of carbonyl (C=O) groups is 2. The fourth-order valence-corrected chi connectivity index (χ4v) is 3.32. The Kier molecular flexibility index (Phi) is 5.72. The average molecular weight is 359 g/mol. The first-order valence-corrected chi connectivity index (χ1v) is 8.90. The summed E-state index contributed by atoms with van der Waals surface area (Å²) in [5, 5.41) is 6.25. The molecule has 3 rings (SSSR count). The molecule has 0 spiro atoms. The molecule has 1 atom stereocenters. The van der Waals surface area contributed by atoms with E-state index in [4.69, 9.17) is 10.5 Å². The van der Waals surface area contributed by atoms with Gasteiger partial charge in [0.15, 0.2) is 0 Å². The van der Waals surface area contributed by atoms with Crippen molar-refractivity contribution < 1.29 is 14.3 Å². The number of carbonyl (C=O) groups excluding carboxylic acids is 2. The normalized spacial score (nSPS) is 20.6. The van der Waals surface area contributed by atoms with Crippen molar-refractivity contribution in [3.05, 3.63) is 30.4 Å². The van der Waals surface area contributed by atoms with Crippen molar-refractivity contribution in [2.24, 2.45) is 5.73 Å². The van der Waals surface area contributed by atoms with Crippen LogP contribution in [0.5, 0.6) is 0 Å². The lowest BCUT2D eigenvalue weighted by atomic mass is 10.1. The van der Waals surface area contributed by atoms with Crippen LogP contribution in [0.2, 0.25) is 0 Å². The number of nitrogens with one attached hydrogen (secondary N) is 2. The largest absolute Gasteiger partial charge is 0.381 e. The van der Waals surface area contributed by atoms with Crippen molar-refractivity contribution >= 4 is 23.5 Å². The van der Waals surface area contributed by atoms with Crippen LogP contribution in [0.3, 0.4) is 0 Å². The first-order valence-electron chi connectivity index (χ1n) is 8.90. The van der Waals surface area contributed by atoms with Crippen molar-refractivity contribution in [1.29, 1.82) is 0 Å². The predicted octanol–water partition coefficient (Wildman–Crippen LogP) is 0.652. The van der Waals surface area contributed by atoms with Gasteiger partial charge in [-0.2, -0.15) is 0 Å². The molecule has 0 bridgehead atoms. The molecule has 1 aromatic heterocycles. The zero-order valence-electron chi connectivity index (χ0n) is 14.7. The van der Waals surface area contributed by atoms with Gasteiger partial charge in [0.25, 0.3) is 5.91 Å². The zero-order chi connectivity index (χ0) is 18.5. The number of nitrogens with two attached hydrogens (primary N) is 1. The number of ether oxygens (including phenoxy) is 1. The van der Waals surface area contributed by atoms with Crippen LogP contribution in [-0.2, 0) is 9.53 Å². The van der Waals surface area contributed by atoms with Crippen LogP contribution in [0.15, 0.2) is 24.8 Å².